The second-order valence-electron chi connectivity index (χ2n) is 7.51. The van der Waals surface area contributed by atoms with E-state index in [1.807, 2.05) is 24.3 Å². The lowest BCUT2D eigenvalue weighted by molar-refractivity contribution is -0.124. The van der Waals surface area contributed by atoms with Gasteiger partial charge in [-0.25, -0.2) is 5.48 Å². The highest BCUT2D eigenvalue weighted by molar-refractivity contribution is 5.90. The van der Waals surface area contributed by atoms with Crippen LogP contribution in [0.25, 0.3) is 6.08 Å². The fraction of sp³-hybridized carbons (Fsp3) is 0.160. The highest BCUT2D eigenvalue weighted by Gasteiger charge is 2.30. The molecular formula is C25H25N3O2. The van der Waals surface area contributed by atoms with Crippen LogP contribution in [0, 0.1) is 0 Å². The van der Waals surface area contributed by atoms with E-state index < -0.39 is 5.91 Å². The average Bonchev–Trinajstić information content (AvgIpc) is 3.16. The van der Waals surface area contributed by atoms with Crippen molar-refractivity contribution in [2.24, 2.45) is 0 Å². The van der Waals surface area contributed by atoms with Crippen molar-refractivity contribution in [3.05, 3.63) is 102 Å². The number of nitrogens with one attached hydrogen (secondary N) is 2. The molecule has 3 aromatic rings. The van der Waals surface area contributed by atoms with Gasteiger partial charge in [0.15, 0.2) is 0 Å². The zero-order chi connectivity index (χ0) is 20.9. The Morgan fingerprint density at radius 2 is 1.87 bits per heavy atom. The number of carbonyl (C=O) groups is 1. The van der Waals surface area contributed by atoms with E-state index in [0.29, 0.717) is 5.92 Å². The predicted octanol–water partition coefficient (Wildman–Crippen LogP) is 4.94. The molecule has 0 aromatic heterocycles. The molecule has 0 aliphatic carbocycles. The number of fused-ring (bicyclic) bond motifs is 1. The number of para-hydroxylation sites is 2. The van der Waals surface area contributed by atoms with E-state index >= 15 is 0 Å². The van der Waals surface area contributed by atoms with Crippen molar-refractivity contribution in [3.8, 4) is 0 Å². The van der Waals surface area contributed by atoms with Crippen molar-refractivity contribution >= 4 is 23.4 Å². The first-order valence-corrected chi connectivity index (χ1v) is 10.0. The van der Waals surface area contributed by atoms with Gasteiger partial charge < -0.3 is 10.2 Å². The number of hydroxylamine groups is 1. The summed E-state index contributed by atoms with van der Waals surface area (Å²) >= 11 is 0. The van der Waals surface area contributed by atoms with Gasteiger partial charge in [-0.05, 0) is 46.9 Å². The summed E-state index contributed by atoms with van der Waals surface area (Å²) < 4.78 is 0. The molecule has 0 saturated carbocycles. The molecule has 4 rings (SSSR count). The summed E-state index contributed by atoms with van der Waals surface area (Å²) in [5, 5.41) is 12.3. The van der Waals surface area contributed by atoms with E-state index in [-0.39, 0.29) is 6.17 Å². The van der Waals surface area contributed by atoms with Gasteiger partial charge in [-0.15, -0.1) is 0 Å². The van der Waals surface area contributed by atoms with Crippen LogP contribution in [-0.4, -0.2) is 17.7 Å². The van der Waals surface area contributed by atoms with Crippen LogP contribution < -0.4 is 15.7 Å². The average molecular weight is 399 g/mol. The first-order chi connectivity index (χ1) is 14.7. The number of rotatable bonds is 6. The SMILES string of the molecule is CC(CN1c2ccccc2NC1c1cccc(/C=C/C(=O)NO)c1)c1ccccc1. The van der Waals surface area contributed by atoms with Gasteiger partial charge >= 0.3 is 0 Å². The molecule has 1 aliphatic heterocycles. The minimum atomic E-state index is -0.551. The summed E-state index contributed by atoms with van der Waals surface area (Å²) in [4.78, 5) is 13.7. The Labute approximate surface area is 176 Å². The van der Waals surface area contributed by atoms with Crippen LogP contribution in [0.3, 0.4) is 0 Å². The highest BCUT2D eigenvalue weighted by atomic mass is 16.5. The smallest absolute Gasteiger partial charge is 0.267 e. The van der Waals surface area contributed by atoms with Gasteiger partial charge in [-0.2, -0.15) is 0 Å². The number of amides is 1. The van der Waals surface area contributed by atoms with Crippen LogP contribution in [0.15, 0.2) is 84.9 Å². The molecule has 30 heavy (non-hydrogen) atoms. The number of anilines is 2. The van der Waals surface area contributed by atoms with Gasteiger partial charge in [0.05, 0.1) is 11.4 Å². The predicted molar refractivity (Wildman–Crippen MR) is 120 cm³/mol. The Morgan fingerprint density at radius 3 is 2.67 bits per heavy atom. The van der Waals surface area contributed by atoms with Crippen LogP contribution in [0.1, 0.15) is 35.7 Å². The van der Waals surface area contributed by atoms with Gasteiger partial charge in [0, 0.05) is 12.6 Å². The summed E-state index contributed by atoms with van der Waals surface area (Å²) in [5.41, 5.74) is 7.23. The van der Waals surface area contributed by atoms with Crippen LogP contribution in [0.5, 0.6) is 0 Å². The second kappa shape index (κ2) is 8.84. The quantitative estimate of drug-likeness (QED) is 0.312. The highest BCUT2D eigenvalue weighted by Crippen LogP contribution is 2.42. The molecule has 0 fully saturated rings. The summed E-state index contributed by atoms with van der Waals surface area (Å²) in [6.07, 6.45) is 2.99. The summed E-state index contributed by atoms with van der Waals surface area (Å²) in [5.74, 6) is -0.192. The van der Waals surface area contributed by atoms with Crippen molar-refractivity contribution in [3.63, 3.8) is 0 Å². The standard InChI is InChI=1S/C25H25N3O2/c1-18(20-9-3-2-4-10-20)17-28-23-13-6-5-12-22(23)26-25(28)21-11-7-8-19(16-21)14-15-24(29)27-30/h2-16,18,25-26,30H,17H2,1H3,(H,27,29)/b15-14+. The molecule has 0 bridgehead atoms. The molecular weight excluding hydrogens is 374 g/mol. The molecule has 1 heterocycles. The Bertz CT molecular complexity index is 1050. The number of hydrogen-bond donors (Lipinski definition) is 3. The van der Waals surface area contributed by atoms with E-state index in [2.05, 4.69) is 71.7 Å². The summed E-state index contributed by atoms with van der Waals surface area (Å²) in [7, 11) is 0. The van der Waals surface area contributed by atoms with E-state index in [4.69, 9.17) is 5.21 Å². The van der Waals surface area contributed by atoms with Crippen LogP contribution in [0.4, 0.5) is 11.4 Å². The number of benzene rings is 3. The van der Waals surface area contributed by atoms with Gasteiger partial charge in [0.2, 0.25) is 0 Å². The molecule has 2 unspecified atom stereocenters. The van der Waals surface area contributed by atoms with Crippen molar-refractivity contribution < 1.29 is 10.0 Å². The van der Waals surface area contributed by atoms with Crippen LogP contribution in [-0.2, 0) is 4.79 Å². The lowest BCUT2D eigenvalue weighted by Gasteiger charge is -2.30. The van der Waals surface area contributed by atoms with Crippen LogP contribution in [0.2, 0.25) is 0 Å². The van der Waals surface area contributed by atoms with E-state index in [1.54, 1.807) is 11.6 Å². The first kappa shape index (κ1) is 19.7. The fourth-order valence-electron chi connectivity index (χ4n) is 3.90. The summed E-state index contributed by atoms with van der Waals surface area (Å²) in [6.45, 7) is 3.12. The Balaban J connectivity index is 1.63. The number of hydrogen-bond acceptors (Lipinski definition) is 4. The van der Waals surface area contributed by atoms with Gasteiger partial charge in [-0.1, -0.05) is 67.6 Å². The largest absolute Gasteiger partial charge is 0.360 e. The number of nitrogens with zero attached hydrogens (tertiary/aromatic N) is 1. The van der Waals surface area contributed by atoms with Crippen molar-refractivity contribution in [1.29, 1.82) is 0 Å². The first-order valence-electron chi connectivity index (χ1n) is 10.0. The van der Waals surface area contributed by atoms with Crippen molar-refractivity contribution in [2.75, 3.05) is 16.8 Å². The monoisotopic (exact) mass is 399 g/mol. The molecule has 3 N–H and O–H groups in total. The molecule has 0 saturated heterocycles. The van der Waals surface area contributed by atoms with Crippen molar-refractivity contribution in [1.82, 2.24) is 5.48 Å². The van der Waals surface area contributed by atoms with E-state index in [1.165, 1.54) is 17.3 Å². The minimum absolute atomic E-state index is 0.00594. The van der Waals surface area contributed by atoms with Crippen LogP contribution >= 0.6 is 0 Å². The normalized spacial score (nSPS) is 16.2. The molecule has 3 aromatic carbocycles. The lowest BCUT2D eigenvalue weighted by Crippen LogP contribution is -2.31. The molecule has 1 aliphatic rings. The third-order valence-electron chi connectivity index (χ3n) is 5.42. The molecule has 1 amide bonds. The van der Waals surface area contributed by atoms with Gasteiger partial charge in [-0.3, -0.25) is 10.0 Å². The van der Waals surface area contributed by atoms with E-state index in [0.717, 1.165) is 23.4 Å². The molecule has 152 valence electrons. The fourth-order valence-corrected chi connectivity index (χ4v) is 3.90. The molecule has 0 radical (unpaired) electrons. The third kappa shape index (κ3) is 4.21. The topological polar surface area (TPSA) is 64.6 Å². The Morgan fingerprint density at radius 1 is 1.10 bits per heavy atom. The molecule has 5 heteroatoms. The number of carbonyl (C=O) groups excluding carboxylic acids is 1. The molecule has 5 nitrogen and oxygen atoms in total. The maximum Gasteiger partial charge on any atom is 0.267 e. The zero-order valence-corrected chi connectivity index (χ0v) is 16.8. The zero-order valence-electron chi connectivity index (χ0n) is 16.8. The summed E-state index contributed by atoms with van der Waals surface area (Å²) in [6, 6.07) is 27.0. The van der Waals surface area contributed by atoms with Gasteiger partial charge in [0.1, 0.15) is 6.17 Å². The van der Waals surface area contributed by atoms with E-state index in [9.17, 15) is 4.79 Å². The molecule has 2 atom stereocenters. The Hall–Kier alpha value is -3.57. The molecule has 0 spiro atoms. The van der Waals surface area contributed by atoms with Gasteiger partial charge in [0.25, 0.3) is 5.91 Å². The maximum absolute atomic E-state index is 11.3. The van der Waals surface area contributed by atoms with Crippen molar-refractivity contribution in [2.45, 2.75) is 19.0 Å². The second-order valence-corrected chi connectivity index (χ2v) is 7.51. The Kier molecular flexibility index (Phi) is 5.82. The lowest BCUT2D eigenvalue weighted by atomic mass is 9.99. The minimum Gasteiger partial charge on any atom is -0.360 e. The maximum atomic E-state index is 11.3. The third-order valence-corrected chi connectivity index (χ3v) is 5.42.